The van der Waals surface area contributed by atoms with E-state index in [1.807, 2.05) is 6.07 Å². The smallest absolute Gasteiger partial charge is 0.335 e. The van der Waals surface area contributed by atoms with Crippen molar-refractivity contribution in [3.8, 4) is 0 Å². The first-order valence-corrected chi connectivity index (χ1v) is 9.41. The SMILES string of the molecule is O=C(O)c1cccc(/N=C/c2ccc3c4ccccc4c4ccccc4c3c2)c1. The van der Waals surface area contributed by atoms with Gasteiger partial charge in [0.2, 0.25) is 0 Å². The third-order valence-corrected chi connectivity index (χ3v) is 5.22. The molecule has 3 nitrogen and oxygen atoms in total. The second kappa shape index (κ2) is 6.88. The zero-order valence-electron chi connectivity index (χ0n) is 15.5. The topological polar surface area (TPSA) is 49.7 Å². The maximum Gasteiger partial charge on any atom is 0.335 e. The highest BCUT2D eigenvalue weighted by atomic mass is 16.4. The van der Waals surface area contributed by atoms with Crippen LogP contribution >= 0.6 is 0 Å². The van der Waals surface area contributed by atoms with Gasteiger partial charge >= 0.3 is 5.97 Å². The molecule has 29 heavy (non-hydrogen) atoms. The molecule has 5 aromatic carbocycles. The number of carbonyl (C=O) groups is 1. The molecule has 0 bridgehead atoms. The molecule has 0 amide bonds. The van der Waals surface area contributed by atoms with Crippen LogP contribution in [-0.4, -0.2) is 17.3 Å². The molecule has 0 saturated heterocycles. The van der Waals surface area contributed by atoms with Crippen LogP contribution in [0, 0.1) is 0 Å². The summed E-state index contributed by atoms with van der Waals surface area (Å²) in [6.07, 6.45) is 1.78. The molecular weight excluding hydrogens is 358 g/mol. The van der Waals surface area contributed by atoms with Crippen LogP contribution in [0.25, 0.3) is 32.3 Å². The normalized spacial score (nSPS) is 11.6. The van der Waals surface area contributed by atoms with Crippen LogP contribution in [0.4, 0.5) is 5.69 Å². The Hall–Kier alpha value is -3.98. The molecule has 0 unspecified atom stereocenters. The van der Waals surface area contributed by atoms with Gasteiger partial charge in [0.25, 0.3) is 0 Å². The molecule has 0 spiro atoms. The molecule has 0 aliphatic rings. The Morgan fingerprint density at radius 3 is 1.86 bits per heavy atom. The van der Waals surface area contributed by atoms with Crippen LogP contribution in [0.5, 0.6) is 0 Å². The van der Waals surface area contributed by atoms with Crippen molar-refractivity contribution in [2.24, 2.45) is 4.99 Å². The van der Waals surface area contributed by atoms with Gasteiger partial charge in [0.15, 0.2) is 0 Å². The molecule has 0 saturated carbocycles. The largest absolute Gasteiger partial charge is 0.478 e. The molecule has 0 fully saturated rings. The summed E-state index contributed by atoms with van der Waals surface area (Å²) in [5.41, 5.74) is 1.82. The second-order valence-electron chi connectivity index (χ2n) is 7.01. The molecule has 0 aromatic heterocycles. The minimum atomic E-state index is -0.953. The Balaban J connectivity index is 1.67. The molecule has 5 aromatic rings. The van der Waals surface area contributed by atoms with Gasteiger partial charge in [-0.2, -0.15) is 0 Å². The van der Waals surface area contributed by atoms with E-state index < -0.39 is 5.97 Å². The van der Waals surface area contributed by atoms with Gasteiger partial charge in [0.1, 0.15) is 0 Å². The first-order chi connectivity index (χ1) is 14.2. The average molecular weight is 375 g/mol. The maximum absolute atomic E-state index is 11.2. The summed E-state index contributed by atoms with van der Waals surface area (Å²) in [6, 6.07) is 29.9. The predicted octanol–water partition coefficient (Wildman–Crippen LogP) is 6.60. The number of aromatic carboxylic acids is 1. The number of nitrogens with zero attached hydrogens (tertiary/aromatic N) is 1. The first kappa shape index (κ1) is 17.1. The van der Waals surface area contributed by atoms with Gasteiger partial charge in [-0.1, -0.05) is 66.7 Å². The molecule has 5 rings (SSSR count). The van der Waals surface area contributed by atoms with Crippen molar-refractivity contribution in [2.45, 2.75) is 0 Å². The molecule has 0 aliphatic carbocycles. The fourth-order valence-corrected chi connectivity index (χ4v) is 3.87. The Bertz CT molecular complexity index is 1400. The van der Waals surface area contributed by atoms with Crippen LogP contribution < -0.4 is 0 Å². The summed E-state index contributed by atoms with van der Waals surface area (Å²) in [5, 5.41) is 16.5. The molecule has 0 atom stereocenters. The molecule has 3 heteroatoms. The number of carboxylic acid groups (broad SMARTS) is 1. The number of benzene rings is 5. The summed E-state index contributed by atoms with van der Waals surface area (Å²) < 4.78 is 0. The molecule has 0 radical (unpaired) electrons. The van der Waals surface area contributed by atoms with Crippen LogP contribution in [0.15, 0.2) is 96.0 Å². The van der Waals surface area contributed by atoms with Crippen LogP contribution in [-0.2, 0) is 0 Å². The minimum absolute atomic E-state index is 0.232. The molecule has 138 valence electrons. The zero-order chi connectivity index (χ0) is 19.8. The summed E-state index contributed by atoms with van der Waals surface area (Å²) in [6.45, 7) is 0. The molecular formula is C26H17NO2. The van der Waals surface area contributed by atoms with Crippen molar-refractivity contribution >= 4 is 50.2 Å². The maximum atomic E-state index is 11.2. The highest BCUT2D eigenvalue weighted by Gasteiger charge is 2.08. The van der Waals surface area contributed by atoms with Crippen molar-refractivity contribution in [1.29, 1.82) is 0 Å². The van der Waals surface area contributed by atoms with Crippen molar-refractivity contribution in [2.75, 3.05) is 0 Å². The van der Waals surface area contributed by atoms with Gasteiger partial charge in [0.05, 0.1) is 11.3 Å². The summed E-state index contributed by atoms with van der Waals surface area (Å²) >= 11 is 0. The van der Waals surface area contributed by atoms with E-state index in [1.165, 1.54) is 32.3 Å². The lowest BCUT2D eigenvalue weighted by molar-refractivity contribution is 0.0697. The van der Waals surface area contributed by atoms with E-state index in [-0.39, 0.29) is 5.56 Å². The van der Waals surface area contributed by atoms with Crippen LogP contribution in [0.2, 0.25) is 0 Å². The molecule has 0 aliphatic heterocycles. The Morgan fingerprint density at radius 2 is 1.24 bits per heavy atom. The van der Waals surface area contributed by atoms with E-state index in [2.05, 4.69) is 65.7 Å². The number of fused-ring (bicyclic) bond motifs is 6. The summed E-state index contributed by atoms with van der Waals surface area (Å²) in [7, 11) is 0. The van der Waals surface area contributed by atoms with Gasteiger partial charge in [-0.25, -0.2) is 4.79 Å². The number of carboxylic acids is 1. The van der Waals surface area contributed by atoms with Gasteiger partial charge in [0, 0.05) is 6.21 Å². The number of rotatable bonds is 3. The monoisotopic (exact) mass is 375 g/mol. The Morgan fingerprint density at radius 1 is 0.655 bits per heavy atom. The Kier molecular flexibility index (Phi) is 4.07. The molecule has 0 heterocycles. The first-order valence-electron chi connectivity index (χ1n) is 9.41. The van der Waals surface area contributed by atoms with Gasteiger partial charge in [-0.05, 0) is 62.1 Å². The highest BCUT2D eigenvalue weighted by molar-refractivity contribution is 6.25. The van der Waals surface area contributed by atoms with Crippen LogP contribution in [0.3, 0.4) is 0 Å². The van der Waals surface area contributed by atoms with Crippen molar-refractivity contribution in [3.05, 3.63) is 102 Å². The van der Waals surface area contributed by atoms with E-state index in [0.717, 1.165) is 5.56 Å². The lowest BCUT2D eigenvalue weighted by Gasteiger charge is -2.10. The van der Waals surface area contributed by atoms with E-state index in [4.69, 9.17) is 5.11 Å². The fourth-order valence-electron chi connectivity index (χ4n) is 3.87. The number of hydrogen-bond donors (Lipinski definition) is 1. The van der Waals surface area contributed by atoms with Gasteiger partial charge in [-0.3, -0.25) is 4.99 Å². The standard InChI is InChI=1S/C26H17NO2/c28-26(29)18-6-5-7-19(15-18)27-16-17-12-13-24-22-10-2-1-8-20(22)21-9-3-4-11-23(21)25(24)14-17/h1-16H,(H,28,29)/b27-16+. The lowest BCUT2D eigenvalue weighted by Crippen LogP contribution is -1.94. The van der Waals surface area contributed by atoms with E-state index in [0.29, 0.717) is 5.69 Å². The van der Waals surface area contributed by atoms with Crippen LogP contribution in [0.1, 0.15) is 15.9 Å². The molecule has 1 N–H and O–H groups in total. The third kappa shape index (κ3) is 3.03. The quantitative estimate of drug-likeness (QED) is 0.285. The van der Waals surface area contributed by atoms with Gasteiger partial charge < -0.3 is 5.11 Å². The van der Waals surface area contributed by atoms with Gasteiger partial charge in [-0.15, -0.1) is 0 Å². The van der Waals surface area contributed by atoms with E-state index in [9.17, 15) is 4.79 Å². The van der Waals surface area contributed by atoms with Crippen molar-refractivity contribution in [3.63, 3.8) is 0 Å². The fraction of sp³-hybridized carbons (Fsp3) is 0. The minimum Gasteiger partial charge on any atom is -0.478 e. The summed E-state index contributed by atoms with van der Waals surface area (Å²) in [5.74, 6) is -0.953. The van der Waals surface area contributed by atoms with Crippen molar-refractivity contribution < 1.29 is 9.90 Å². The summed E-state index contributed by atoms with van der Waals surface area (Å²) in [4.78, 5) is 15.6. The highest BCUT2D eigenvalue weighted by Crippen LogP contribution is 2.35. The van der Waals surface area contributed by atoms with E-state index >= 15 is 0 Å². The number of hydrogen-bond acceptors (Lipinski definition) is 2. The average Bonchev–Trinajstić information content (AvgIpc) is 2.78. The lowest BCUT2D eigenvalue weighted by atomic mass is 9.93. The third-order valence-electron chi connectivity index (χ3n) is 5.22. The van der Waals surface area contributed by atoms with Crippen molar-refractivity contribution in [1.82, 2.24) is 0 Å². The second-order valence-corrected chi connectivity index (χ2v) is 7.01. The number of aliphatic imine (C=N–C) groups is 1. The Labute approximate surface area is 167 Å². The van der Waals surface area contributed by atoms with E-state index in [1.54, 1.807) is 30.5 Å². The predicted molar refractivity (Wildman–Crippen MR) is 120 cm³/mol. The zero-order valence-corrected chi connectivity index (χ0v) is 15.5.